The van der Waals surface area contributed by atoms with Gasteiger partial charge in [-0.15, -0.1) is 0 Å². The Balaban J connectivity index is 2.46. The largest absolute Gasteiger partial charge is 0.460 e. The van der Waals surface area contributed by atoms with Crippen LogP contribution in [-0.2, 0) is 16.1 Å². The number of likely N-dealkylation sites (N-methyl/N-ethyl adjacent to an activating group) is 1. The molecule has 4 nitrogen and oxygen atoms in total. The van der Waals surface area contributed by atoms with Gasteiger partial charge in [-0.1, -0.05) is 13.0 Å². The van der Waals surface area contributed by atoms with Crippen LogP contribution in [0.5, 0.6) is 0 Å². The molecule has 0 aliphatic rings. The summed E-state index contributed by atoms with van der Waals surface area (Å²) in [4.78, 5) is 17.5. The Morgan fingerprint density at radius 3 is 2.81 bits per heavy atom. The first-order valence-electron chi connectivity index (χ1n) is 5.37. The number of esters is 1. The van der Waals surface area contributed by atoms with Crippen molar-refractivity contribution < 1.29 is 9.53 Å². The van der Waals surface area contributed by atoms with Gasteiger partial charge >= 0.3 is 5.97 Å². The maximum absolute atomic E-state index is 11.7. The zero-order valence-corrected chi connectivity index (χ0v) is 10.0. The highest BCUT2D eigenvalue weighted by Crippen LogP contribution is 2.05. The summed E-state index contributed by atoms with van der Waals surface area (Å²) in [5, 5.41) is 0. The third-order valence-corrected chi connectivity index (χ3v) is 2.39. The lowest BCUT2D eigenvalue weighted by Gasteiger charge is -2.20. The molecule has 0 N–H and O–H groups in total. The van der Waals surface area contributed by atoms with E-state index in [2.05, 4.69) is 4.98 Å². The van der Waals surface area contributed by atoms with E-state index in [0.717, 1.165) is 12.0 Å². The topological polar surface area (TPSA) is 42.4 Å². The van der Waals surface area contributed by atoms with Crippen molar-refractivity contribution in [3.8, 4) is 0 Å². The molecule has 1 rings (SSSR count). The van der Waals surface area contributed by atoms with Crippen LogP contribution in [0.25, 0.3) is 0 Å². The minimum atomic E-state index is -0.184. The summed E-state index contributed by atoms with van der Waals surface area (Å²) in [6, 6.07) is 3.54. The summed E-state index contributed by atoms with van der Waals surface area (Å²) in [6.45, 7) is 2.26. The first kappa shape index (κ1) is 12.6. The van der Waals surface area contributed by atoms with Crippen LogP contribution in [0.15, 0.2) is 24.5 Å². The number of pyridine rings is 1. The van der Waals surface area contributed by atoms with Crippen LogP contribution in [0.2, 0.25) is 0 Å². The molecule has 1 aromatic rings. The van der Waals surface area contributed by atoms with E-state index < -0.39 is 0 Å². The first-order valence-corrected chi connectivity index (χ1v) is 5.37. The smallest absolute Gasteiger partial charge is 0.323 e. The third kappa shape index (κ3) is 3.62. The highest BCUT2D eigenvalue weighted by Gasteiger charge is 2.19. The van der Waals surface area contributed by atoms with Crippen molar-refractivity contribution in [3.63, 3.8) is 0 Å². The molecule has 4 heteroatoms. The van der Waals surface area contributed by atoms with Crippen molar-refractivity contribution in [2.45, 2.75) is 26.0 Å². The van der Waals surface area contributed by atoms with Gasteiger partial charge in [-0.25, -0.2) is 0 Å². The monoisotopic (exact) mass is 222 g/mol. The van der Waals surface area contributed by atoms with E-state index >= 15 is 0 Å². The fraction of sp³-hybridized carbons (Fsp3) is 0.500. The van der Waals surface area contributed by atoms with Crippen LogP contribution in [0.3, 0.4) is 0 Å². The van der Waals surface area contributed by atoms with Gasteiger partial charge in [-0.3, -0.25) is 14.7 Å². The van der Waals surface area contributed by atoms with E-state index in [4.69, 9.17) is 4.74 Å². The number of rotatable bonds is 5. The number of aromatic nitrogens is 1. The molecule has 0 saturated heterocycles. The van der Waals surface area contributed by atoms with Crippen molar-refractivity contribution >= 4 is 5.97 Å². The Bertz CT molecular complexity index is 325. The molecule has 0 fully saturated rings. The van der Waals surface area contributed by atoms with E-state index in [9.17, 15) is 4.79 Å². The van der Waals surface area contributed by atoms with Crippen LogP contribution >= 0.6 is 0 Å². The summed E-state index contributed by atoms with van der Waals surface area (Å²) in [6.07, 6.45) is 4.14. The van der Waals surface area contributed by atoms with Gasteiger partial charge in [0, 0.05) is 18.0 Å². The molecular formula is C12H18N2O2. The number of hydrogen-bond donors (Lipinski definition) is 0. The van der Waals surface area contributed by atoms with Gasteiger partial charge in [-0.05, 0) is 26.6 Å². The molecule has 16 heavy (non-hydrogen) atoms. The van der Waals surface area contributed by atoms with E-state index in [-0.39, 0.29) is 18.6 Å². The number of carbonyl (C=O) groups excluding carboxylic acids is 1. The number of nitrogens with zero attached hydrogens (tertiary/aromatic N) is 2. The average Bonchev–Trinajstić information content (AvgIpc) is 2.28. The van der Waals surface area contributed by atoms with Gasteiger partial charge in [0.05, 0.1) is 0 Å². The van der Waals surface area contributed by atoms with E-state index in [0.29, 0.717) is 0 Å². The fourth-order valence-electron chi connectivity index (χ4n) is 1.48. The van der Waals surface area contributed by atoms with Crippen molar-refractivity contribution in [1.82, 2.24) is 9.88 Å². The van der Waals surface area contributed by atoms with Crippen molar-refractivity contribution in [3.05, 3.63) is 30.1 Å². The van der Waals surface area contributed by atoms with Crippen molar-refractivity contribution in [1.29, 1.82) is 0 Å². The predicted molar refractivity (Wildman–Crippen MR) is 61.8 cm³/mol. The molecule has 0 saturated carbocycles. The minimum Gasteiger partial charge on any atom is -0.460 e. The Labute approximate surface area is 96.2 Å². The second-order valence-corrected chi connectivity index (χ2v) is 3.86. The quantitative estimate of drug-likeness (QED) is 0.707. The summed E-state index contributed by atoms with van der Waals surface area (Å²) in [7, 11) is 3.75. The van der Waals surface area contributed by atoms with Crippen LogP contribution < -0.4 is 0 Å². The molecule has 0 radical (unpaired) electrons. The maximum Gasteiger partial charge on any atom is 0.323 e. The molecule has 88 valence electrons. The van der Waals surface area contributed by atoms with Gasteiger partial charge in [0.2, 0.25) is 0 Å². The van der Waals surface area contributed by atoms with Gasteiger partial charge in [0.25, 0.3) is 0 Å². The lowest BCUT2D eigenvalue weighted by molar-refractivity contribution is -0.150. The third-order valence-electron chi connectivity index (χ3n) is 2.39. The van der Waals surface area contributed by atoms with Crippen LogP contribution in [-0.4, -0.2) is 36.0 Å². The van der Waals surface area contributed by atoms with Crippen LogP contribution in [0, 0.1) is 0 Å². The average molecular weight is 222 g/mol. The molecule has 0 amide bonds. The molecule has 1 unspecified atom stereocenters. The molecule has 0 bridgehead atoms. The van der Waals surface area contributed by atoms with Crippen molar-refractivity contribution in [2.24, 2.45) is 0 Å². The number of hydrogen-bond acceptors (Lipinski definition) is 4. The molecule has 1 aromatic heterocycles. The number of ether oxygens (including phenoxy) is 1. The standard InChI is InChI=1S/C12H18N2O2/c1-4-11(14(2)3)12(15)16-9-10-6-5-7-13-8-10/h5-8,11H,4,9H2,1-3H3. The van der Waals surface area contributed by atoms with Gasteiger partial charge in [0.1, 0.15) is 12.6 Å². The molecule has 0 aromatic carbocycles. The summed E-state index contributed by atoms with van der Waals surface area (Å²) in [5.74, 6) is -0.184. The molecular weight excluding hydrogens is 204 g/mol. The normalized spacial score (nSPS) is 12.5. The Kier molecular flexibility index (Phi) is 4.92. The first-order chi connectivity index (χ1) is 7.65. The lowest BCUT2D eigenvalue weighted by Crippen LogP contribution is -2.36. The number of carbonyl (C=O) groups is 1. The fourth-order valence-corrected chi connectivity index (χ4v) is 1.48. The van der Waals surface area contributed by atoms with E-state index in [1.54, 1.807) is 12.4 Å². The second-order valence-electron chi connectivity index (χ2n) is 3.86. The summed E-state index contributed by atoms with van der Waals surface area (Å²) < 4.78 is 5.22. The molecule has 0 spiro atoms. The zero-order chi connectivity index (χ0) is 12.0. The molecule has 1 heterocycles. The van der Waals surface area contributed by atoms with Crippen LogP contribution in [0.1, 0.15) is 18.9 Å². The maximum atomic E-state index is 11.7. The zero-order valence-electron chi connectivity index (χ0n) is 10.0. The van der Waals surface area contributed by atoms with Crippen molar-refractivity contribution in [2.75, 3.05) is 14.1 Å². The van der Waals surface area contributed by atoms with Gasteiger partial charge < -0.3 is 4.74 Å². The molecule has 0 aliphatic heterocycles. The predicted octanol–water partition coefficient (Wildman–Crippen LogP) is 1.47. The van der Waals surface area contributed by atoms with Crippen LogP contribution in [0.4, 0.5) is 0 Å². The highest BCUT2D eigenvalue weighted by molar-refractivity contribution is 5.75. The Morgan fingerprint density at radius 2 is 2.31 bits per heavy atom. The SMILES string of the molecule is CCC(C(=O)OCc1cccnc1)N(C)C. The van der Waals surface area contributed by atoms with Gasteiger partial charge in [-0.2, -0.15) is 0 Å². The minimum absolute atomic E-state index is 0.170. The second kappa shape index (κ2) is 6.23. The summed E-state index contributed by atoms with van der Waals surface area (Å²) in [5.41, 5.74) is 0.907. The molecule has 0 aliphatic carbocycles. The molecule has 1 atom stereocenters. The Morgan fingerprint density at radius 1 is 1.56 bits per heavy atom. The lowest BCUT2D eigenvalue weighted by atomic mass is 10.2. The van der Waals surface area contributed by atoms with E-state index in [1.165, 1.54) is 0 Å². The highest BCUT2D eigenvalue weighted by atomic mass is 16.5. The summed E-state index contributed by atoms with van der Waals surface area (Å²) >= 11 is 0. The van der Waals surface area contributed by atoms with Gasteiger partial charge in [0.15, 0.2) is 0 Å². The Hall–Kier alpha value is -1.42. The van der Waals surface area contributed by atoms with E-state index in [1.807, 2.05) is 38.1 Å².